The van der Waals surface area contributed by atoms with E-state index in [4.69, 9.17) is 4.74 Å². The van der Waals surface area contributed by atoms with Crippen molar-refractivity contribution in [3.63, 3.8) is 0 Å². The van der Waals surface area contributed by atoms with Gasteiger partial charge >= 0.3 is 0 Å². The maximum Gasteiger partial charge on any atom is 0.291 e. The number of H-pyrrole nitrogens is 1. The number of aromatic amines is 1. The van der Waals surface area contributed by atoms with Gasteiger partial charge in [-0.15, -0.1) is 5.10 Å². The van der Waals surface area contributed by atoms with Crippen molar-refractivity contribution in [3.8, 4) is 5.75 Å². The molecule has 1 aromatic carbocycles. The van der Waals surface area contributed by atoms with E-state index in [-0.39, 0.29) is 24.4 Å². The number of carbonyl (C=O) groups excluding carboxylic acids is 2. The third-order valence-electron chi connectivity index (χ3n) is 5.24. The predicted molar refractivity (Wildman–Crippen MR) is 102 cm³/mol. The summed E-state index contributed by atoms with van der Waals surface area (Å²) in [6.07, 6.45) is 4.96. The minimum atomic E-state index is -0.834. The van der Waals surface area contributed by atoms with Gasteiger partial charge in [-0.3, -0.25) is 9.59 Å². The third-order valence-corrected chi connectivity index (χ3v) is 5.24. The van der Waals surface area contributed by atoms with Crippen molar-refractivity contribution < 1.29 is 14.3 Å². The number of fused-ring (bicyclic) bond motifs is 2. The van der Waals surface area contributed by atoms with Gasteiger partial charge in [-0.05, 0) is 18.6 Å². The van der Waals surface area contributed by atoms with Crippen LogP contribution in [0.5, 0.6) is 5.75 Å². The zero-order valence-electron chi connectivity index (χ0n) is 15.7. The van der Waals surface area contributed by atoms with E-state index in [0.717, 1.165) is 18.1 Å². The zero-order chi connectivity index (χ0) is 20.0. The Hall–Kier alpha value is -3.69. The molecule has 29 heavy (non-hydrogen) atoms. The third kappa shape index (κ3) is 2.93. The number of hydrogen-bond acceptors (Lipinski definition) is 6. The number of imidazole rings is 1. The molecule has 0 saturated heterocycles. The summed E-state index contributed by atoms with van der Waals surface area (Å²) >= 11 is 0. The van der Waals surface area contributed by atoms with Crippen molar-refractivity contribution in [1.82, 2.24) is 30.0 Å². The monoisotopic (exact) mass is 393 g/mol. The molecule has 0 spiro atoms. The summed E-state index contributed by atoms with van der Waals surface area (Å²) in [5.41, 5.74) is 0.662. The summed E-state index contributed by atoms with van der Waals surface area (Å²) in [6.45, 7) is 0.0362. The van der Waals surface area contributed by atoms with Crippen LogP contribution in [-0.4, -0.2) is 56.2 Å². The van der Waals surface area contributed by atoms with E-state index in [0.29, 0.717) is 17.9 Å². The fraction of sp³-hybridized carbons (Fsp3) is 0.316. The number of aromatic nitrogens is 5. The first kappa shape index (κ1) is 17.4. The lowest BCUT2D eigenvalue weighted by Gasteiger charge is -2.19. The summed E-state index contributed by atoms with van der Waals surface area (Å²) < 4.78 is 7.45. The van der Waals surface area contributed by atoms with Crippen molar-refractivity contribution in [2.24, 2.45) is 0 Å². The number of ether oxygens (including phenoxy) is 1. The van der Waals surface area contributed by atoms with Crippen LogP contribution in [0.15, 0.2) is 36.7 Å². The molecule has 2 aliphatic rings. The Balaban J connectivity index is 1.34. The van der Waals surface area contributed by atoms with E-state index in [1.807, 2.05) is 12.1 Å². The van der Waals surface area contributed by atoms with E-state index in [1.54, 1.807) is 36.3 Å². The number of carbonyl (C=O) groups is 2. The molecular weight excluding hydrogens is 374 g/mol. The molecule has 0 fully saturated rings. The summed E-state index contributed by atoms with van der Waals surface area (Å²) in [5, 5.41) is 7.08. The number of benzene rings is 1. The highest BCUT2D eigenvalue weighted by Crippen LogP contribution is 2.30. The standard InChI is InChI=1S/C19H19N7O3/c1-25-12-4-2-3-5-14(12)29-10-11(19(25)28)22-18(27)17-23-15-7-6-13(26(15)24-17)16-20-8-9-21-16/h2-5,8-9,11,13H,6-7,10H2,1H3,(H,20,21)(H,22,27)/t11-,13?/m0/s1. The molecule has 10 nitrogen and oxygen atoms in total. The molecule has 2 aliphatic heterocycles. The largest absolute Gasteiger partial charge is 0.489 e. The molecule has 3 aromatic rings. The number of para-hydroxylation sites is 2. The van der Waals surface area contributed by atoms with Gasteiger partial charge in [0.05, 0.1) is 5.69 Å². The first-order valence-corrected chi connectivity index (χ1v) is 9.37. The van der Waals surface area contributed by atoms with Crippen LogP contribution in [0.4, 0.5) is 5.69 Å². The molecule has 0 radical (unpaired) electrons. The molecule has 0 saturated carbocycles. The molecule has 2 aromatic heterocycles. The summed E-state index contributed by atoms with van der Waals surface area (Å²) in [5.74, 6) is 1.38. The van der Waals surface area contributed by atoms with Crippen LogP contribution in [0.25, 0.3) is 0 Å². The lowest BCUT2D eigenvalue weighted by atomic mass is 10.2. The fourth-order valence-electron chi connectivity index (χ4n) is 3.75. The maximum atomic E-state index is 12.8. The molecule has 2 N–H and O–H groups in total. The normalized spacial score (nSPS) is 20.6. The first-order chi connectivity index (χ1) is 14.1. The Morgan fingerprint density at radius 2 is 2.21 bits per heavy atom. The van der Waals surface area contributed by atoms with Gasteiger partial charge in [0.2, 0.25) is 5.82 Å². The molecule has 0 aliphatic carbocycles. The van der Waals surface area contributed by atoms with Crippen molar-refractivity contribution in [2.75, 3.05) is 18.6 Å². The second-order valence-electron chi connectivity index (χ2n) is 7.03. The average Bonchev–Trinajstić information content (AvgIpc) is 3.45. The van der Waals surface area contributed by atoms with Crippen LogP contribution in [0.2, 0.25) is 0 Å². The Morgan fingerprint density at radius 3 is 3.03 bits per heavy atom. The Kier molecular flexibility index (Phi) is 4.04. The predicted octanol–water partition coefficient (Wildman–Crippen LogP) is 0.691. The van der Waals surface area contributed by atoms with Gasteiger partial charge < -0.3 is 19.9 Å². The van der Waals surface area contributed by atoms with Crippen molar-refractivity contribution in [3.05, 3.63) is 54.1 Å². The van der Waals surface area contributed by atoms with Gasteiger partial charge in [0, 0.05) is 25.9 Å². The second-order valence-corrected chi connectivity index (χ2v) is 7.03. The summed E-state index contributed by atoms with van der Waals surface area (Å²) in [7, 11) is 1.66. The SMILES string of the molecule is CN1C(=O)[C@@H](NC(=O)c2nc3n(n2)C(c2ncc[nH]2)CC3)COc2ccccc21. The van der Waals surface area contributed by atoms with Gasteiger partial charge in [-0.25, -0.2) is 14.6 Å². The number of likely N-dealkylation sites (N-methyl/N-ethyl adjacent to an activating group) is 1. The Labute approximate surface area is 165 Å². The highest BCUT2D eigenvalue weighted by Gasteiger charge is 2.33. The number of nitrogens with one attached hydrogen (secondary N) is 2. The highest BCUT2D eigenvalue weighted by atomic mass is 16.5. The van der Waals surface area contributed by atoms with Crippen molar-refractivity contribution in [2.45, 2.75) is 24.9 Å². The molecule has 5 rings (SSSR count). The second kappa shape index (κ2) is 6.73. The van der Waals surface area contributed by atoms with Gasteiger partial charge in [0.15, 0.2) is 0 Å². The van der Waals surface area contributed by atoms with Gasteiger partial charge in [0.1, 0.15) is 36.1 Å². The van der Waals surface area contributed by atoms with Crippen LogP contribution >= 0.6 is 0 Å². The van der Waals surface area contributed by atoms with Crippen molar-refractivity contribution >= 4 is 17.5 Å². The molecule has 148 valence electrons. The van der Waals surface area contributed by atoms with Crippen LogP contribution in [0, 0.1) is 0 Å². The Bertz CT molecular complexity index is 1080. The highest BCUT2D eigenvalue weighted by molar-refractivity contribution is 6.02. The topological polar surface area (TPSA) is 118 Å². The molecular formula is C19H19N7O3. The quantitative estimate of drug-likeness (QED) is 0.676. The number of nitrogens with zero attached hydrogens (tertiary/aromatic N) is 5. The van der Waals surface area contributed by atoms with Crippen molar-refractivity contribution in [1.29, 1.82) is 0 Å². The molecule has 4 heterocycles. The number of aryl methyl sites for hydroxylation is 1. The van der Waals surface area contributed by atoms with E-state index >= 15 is 0 Å². The van der Waals surface area contributed by atoms with Crippen LogP contribution in [0.1, 0.15) is 34.7 Å². The number of anilines is 1. The van der Waals surface area contributed by atoms with E-state index in [2.05, 4.69) is 25.4 Å². The summed E-state index contributed by atoms with van der Waals surface area (Å²) in [6, 6.07) is 6.35. The first-order valence-electron chi connectivity index (χ1n) is 9.37. The van der Waals surface area contributed by atoms with Crippen LogP contribution in [-0.2, 0) is 11.2 Å². The van der Waals surface area contributed by atoms with E-state index in [1.165, 1.54) is 4.90 Å². The zero-order valence-corrected chi connectivity index (χ0v) is 15.7. The molecule has 2 amide bonds. The van der Waals surface area contributed by atoms with Gasteiger partial charge in [-0.2, -0.15) is 0 Å². The average molecular weight is 393 g/mol. The minimum Gasteiger partial charge on any atom is -0.489 e. The number of amides is 2. The van der Waals surface area contributed by atoms with E-state index in [9.17, 15) is 9.59 Å². The Morgan fingerprint density at radius 1 is 1.34 bits per heavy atom. The number of rotatable bonds is 3. The van der Waals surface area contributed by atoms with Gasteiger partial charge in [0.25, 0.3) is 11.8 Å². The molecule has 2 atom stereocenters. The number of hydrogen-bond donors (Lipinski definition) is 2. The molecule has 1 unspecified atom stereocenters. The lowest BCUT2D eigenvalue weighted by Crippen LogP contribution is -2.49. The lowest BCUT2D eigenvalue weighted by molar-refractivity contribution is -0.120. The maximum absolute atomic E-state index is 12.8. The molecule has 0 bridgehead atoms. The smallest absolute Gasteiger partial charge is 0.291 e. The summed E-state index contributed by atoms with van der Waals surface area (Å²) in [4.78, 5) is 38.8. The fourth-order valence-corrected chi connectivity index (χ4v) is 3.75. The van der Waals surface area contributed by atoms with Crippen LogP contribution in [0.3, 0.4) is 0 Å². The minimum absolute atomic E-state index is 0.0356. The molecule has 10 heteroatoms. The van der Waals surface area contributed by atoms with E-state index < -0.39 is 11.9 Å². The van der Waals surface area contributed by atoms with Crippen LogP contribution < -0.4 is 15.0 Å². The van der Waals surface area contributed by atoms with Gasteiger partial charge in [-0.1, -0.05) is 12.1 Å².